The Bertz CT molecular complexity index is 1870. The number of amides is 3. The van der Waals surface area contributed by atoms with Crippen LogP contribution in [0.25, 0.3) is 6.08 Å². The molecule has 7 nitrogen and oxygen atoms in total. The molecule has 0 fully saturated rings. The van der Waals surface area contributed by atoms with Gasteiger partial charge in [-0.3, -0.25) is 14.4 Å². The van der Waals surface area contributed by atoms with Crippen LogP contribution in [0.4, 0.5) is 11.4 Å². The molecule has 5 rings (SSSR count). The van der Waals surface area contributed by atoms with Crippen LogP contribution in [0.3, 0.4) is 0 Å². The lowest BCUT2D eigenvalue weighted by atomic mass is 10.1. The number of anilines is 2. The fourth-order valence-corrected chi connectivity index (χ4v) is 5.92. The summed E-state index contributed by atoms with van der Waals surface area (Å²) in [6, 6.07) is 38.7. The molecule has 0 spiro atoms. The highest BCUT2D eigenvalue weighted by Gasteiger charge is 2.23. The quantitative estimate of drug-likeness (QED) is 0.0998. The van der Waals surface area contributed by atoms with E-state index in [1.54, 1.807) is 67.8 Å². The van der Waals surface area contributed by atoms with Gasteiger partial charge in [-0.15, -0.1) is 11.8 Å². The summed E-state index contributed by atoms with van der Waals surface area (Å²) in [4.78, 5) is 41.0. The molecule has 0 aliphatic carbocycles. The van der Waals surface area contributed by atoms with Gasteiger partial charge in [-0.2, -0.15) is 0 Å². The molecule has 0 aromatic heterocycles. The second-order valence-electron chi connectivity index (χ2n) is 10.8. The number of ether oxygens (including phenoxy) is 1. The molecule has 0 saturated heterocycles. The van der Waals surface area contributed by atoms with Crippen molar-refractivity contribution in [2.75, 3.05) is 17.7 Å². The summed E-state index contributed by atoms with van der Waals surface area (Å²) in [6.45, 7) is 3.95. The van der Waals surface area contributed by atoms with Gasteiger partial charge >= 0.3 is 0 Å². The summed E-state index contributed by atoms with van der Waals surface area (Å²) >= 11 is 1.42. The monoisotopic (exact) mass is 641 g/mol. The molecule has 5 aromatic carbocycles. The number of methoxy groups -OCH3 is 1. The first-order valence-corrected chi connectivity index (χ1v) is 15.9. The van der Waals surface area contributed by atoms with E-state index in [4.69, 9.17) is 4.74 Å². The molecule has 0 heterocycles. The smallest absolute Gasteiger partial charge is 0.272 e. The maximum absolute atomic E-state index is 13.7. The van der Waals surface area contributed by atoms with Crippen LogP contribution in [-0.4, -0.2) is 24.8 Å². The van der Waals surface area contributed by atoms with Gasteiger partial charge in [0.2, 0.25) is 5.91 Å². The van der Waals surface area contributed by atoms with Crippen molar-refractivity contribution >= 4 is 46.9 Å². The number of carbonyl (C=O) groups excluding carboxylic acids is 3. The van der Waals surface area contributed by atoms with E-state index in [0.29, 0.717) is 22.6 Å². The van der Waals surface area contributed by atoms with Crippen molar-refractivity contribution in [1.29, 1.82) is 0 Å². The number of thioether (sulfide) groups is 1. The number of hydrogen-bond acceptors (Lipinski definition) is 5. The molecule has 8 heteroatoms. The molecule has 0 radical (unpaired) electrons. The minimum atomic E-state index is -0.513. The Morgan fingerprint density at radius 2 is 1.36 bits per heavy atom. The number of benzene rings is 5. The van der Waals surface area contributed by atoms with Crippen LogP contribution < -0.4 is 20.7 Å². The average Bonchev–Trinajstić information content (AvgIpc) is 3.10. The van der Waals surface area contributed by atoms with E-state index in [-0.39, 0.29) is 11.6 Å². The van der Waals surface area contributed by atoms with Gasteiger partial charge in [-0.25, -0.2) is 0 Å². The molecule has 0 aliphatic rings. The average molecular weight is 642 g/mol. The SMILES string of the molecule is COc1cccc(/C=C(\NC(=O)c2ccccc2)C(=O)Nc2ccc(SC(C(=O)Nc3c(C)cccc3C)c3ccccc3)cc2)c1. The lowest BCUT2D eigenvalue weighted by molar-refractivity contribution is -0.116. The maximum atomic E-state index is 13.7. The molecule has 0 bridgehead atoms. The van der Waals surface area contributed by atoms with Crippen molar-refractivity contribution in [2.45, 2.75) is 24.0 Å². The zero-order valence-electron chi connectivity index (χ0n) is 26.3. The number of carbonyl (C=O) groups is 3. The van der Waals surface area contributed by atoms with Gasteiger partial charge in [0.25, 0.3) is 11.8 Å². The van der Waals surface area contributed by atoms with Crippen LogP contribution in [0.2, 0.25) is 0 Å². The number of rotatable bonds is 11. The molecular formula is C39H35N3O4S. The molecule has 3 N–H and O–H groups in total. The Morgan fingerprint density at radius 1 is 0.723 bits per heavy atom. The lowest BCUT2D eigenvalue weighted by Crippen LogP contribution is -2.30. The van der Waals surface area contributed by atoms with E-state index in [2.05, 4.69) is 16.0 Å². The Kier molecular flexibility index (Phi) is 10.9. The maximum Gasteiger partial charge on any atom is 0.272 e. The van der Waals surface area contributed by atoms with Crippen molar-refractivity contribution in [1.82, 2.24) is 5.32 Å². The minimum Gasteiger partial charge on any atom is -0.497 e. The van der Waals surface area contributed by atoms with E-state index >= 15 is 0 Å². The molecule has 0 saturated carbocycles. The molecule has 47 heavy (non-hydrogen) atoms. The highest BCUT2D eigenvalue weighted by atomic mass is 32.2. The van der Waals surface area contributed by atoms with Crippen molar-refractivity contribution in [2.24, 2.45) is 0 Å². The normalized spacial score (nSPS) is 11.7. The van der Waals surface area contributed by atoms with Gasteiger partial charge in [-0.1, -0.05) is 78.9 Å². The number of para-hydroxylation sites is 1. The Morgan fingerprint density at radius 3 is 2.02 bits per heavy atom. The summed E-state index contributed by atoms with van der Waals surface area (Å²) < 4.78 is 5.32. The second kappa shape index (κ2) is 15.6. The molecule has 1 unspecified atom stereocenters. The predicted octanol–water partition coefficient (Wildman–Crippen LogP) is 8.19. The third-order valence-corrected chi connectivity index (χ3v) is 8.64. The van der Waals surface area contributed by atoms with Gasteiger partial charge in [0.15, 0.2) is 0 Å². The summed E-state index contributed by atoms with van der Waals surface area (Å²) in [5, 5.41) is 8.27. The topological polar surface area (TPSA) is 96.5 Å². The van der Waals surface area contributed by atoms with E-state index < -0.39 is 17.1 Å². The third-order valence-electron chi connectivity index (χ3n) is 7.37. The molecule has 0 aliphatic heterocycles. The minimum absolute atomic E-state index is 0.0675. The summed E-state index contributed by atoms with van der Waals surface area (Å²) in [6.07, 6.45) is 1.60. The number of hydrogen-bond donors (Lipinski definition) is 3. The van der Waals surface area contributed by atoms with Gasteiger partial charge in [0, 0.05) is 21.8 Å². The van der Waals surface area contributed by atoms with Gasteiger partial charge in [0.05, 0.1) is 7.11 Å². The van der Waals surface area contributed by atoms with Gasteiger partial charge in [0.1, 0.15) is 16.7 Å². The van der Waals surface area contributed by atoms with Crippen molar-refractivity contribution < 1.29 is 19.1 Å². The second-order valence-corrected chi connectivity index (χ2v) is 12.0. The number of nitrogens with one attached hydrogen (secondary N) is 3. The summed E-state index contributed by atoms with van der Waals surface area (Å²) in [7, 11) is 1.56. The zero-order chi connectivity index (χ0) is 33.2. The van der Waals surface area contributed by atoms with E-state index in [9.17, 15) is 14.4 Å². The van der Waals surface area contributed by atoms with Crippen LogP contribution in [0.15, 0.2) is 138 Å². The Hall–Kier alpha value is -5.60. The largest absolute Gasteiger partial charge is 0.497 e. The van der Waals surface area contributed by atoms with E-state index in [1.807, 2.05) is 86.6 Å². The molecule has 1 atom stereocenters. The predicted molar refractivity (Wildman–Crippen MR) is 190 cm³/mol. The van der Waals surface area contributed by atoms with Gasteiger partial charge < -0.3 is 20.7 Å². The summed E-state index contributed by atoms with van der Waals surface area (Å²) in [5.74, 6) is -0.407. The van der Waals surface area contributed by atoms with Crippen molar-refractivity contribution in [3.63, 3.8) is 0 Å². The van der Waals surface area contributed by atoms with Crippen LogP contribution >= 0.6 is 11.8 Å². The van der Waals surface area contributed by atoms with Crippen LogP contribution in [-0.2, 0) is 9.59 Å². The first-order chi connectivity index (χ1) is 22.8. The number of aryl methyl sites for hydroxylation is 2. The summed E-state index contributed by atoms with van der Waals surface area (Å²) in [5.41, 5.74) is 5.38. The van der Waals surface area contributed by atoms with Crippen LogP contribution in [0.1, 0.15) is 37.9 Å². The van der Waals surface area contributed by atoms with Crippen LogP contribution in [0.5, 0.6) is 5.75 Å². The van der Waals surface area contributed by atoms with E-state index in [1.165, 1.54) is 11.8 Å². The highest BCUT2D eigenvalue weighted by molar-refractivity contribution is 8.00. The standard InChI is InChI=1S/C39H35N3O4S/c1-26-12-10-13-27(2)35(26)42-39(45)36(29-15-6-4-7-16-29)47-33-22-20-31(21-23-33)40-38(44)34(25-28-14-11-19-32(24-28)46-3)41-37(43)30-17-8-5-9-18-30/h4-25,36H,1-3H3,(H,40,44)(H,41,43)(H,42,45)/b34-25-. The Labute approximate surface area is 279 Å². The van der Waals surface area contributed by atoms with E-state index in [0.717, 1.165) is 27.3 Å². The van der Waals surface area contributed by atoms with Gasteiger partial charge in [-0.05, 0) is 90.7 Å². The lowest BCUT2D eigenvalue weighted by Gasteiger charge is -2.19. The molecule has 236 valence electrons. The van der Waals surface area contributed by atoms with Crippen molar-refractivity contribution in [3.8, 4) is 5.75 Å². The van der Waals surface area contributed by atoms with Crippen LogP contribution in [0, 0.1) is 13.8 Å². The Balaban J connectivity index is 1.34. The zero-order valence-corrected chi connectivity index (χ0v) is 27.1. The molecule has 3 amide bonds. The first kappa shape index (κ1) is 32.8. The molecule has 5 aromatic rings. The first-order valence-electron chi connectivity index (χ1n) is 15.0. The third kappa shape index (κ3) is 8.77. The fraction of sp³-hybridized carbons (Fsp3) is 0.103. The van der Waals surface area contributed by atoms with Crippen molar-refractivity contribution in [3.05, 3.63) is 161 Å². The highest BCUT2D eigenvalue weighted by Crippen LogP contribution is 2.37. The fourth-order valence-electron chi connectivity index (χ4n) is 4.89. The molecular weight excluding hydrogens is 607 g/mol.